The first-order valence-corrected chi connectivity index (χ1v) is 7.94. The summed E-state index contributed by atoms with van der Waals surface area (Å²) in [5.74, 6) is -0.533. The Morgan fingerprint density at radius 3 is 2.35 bits per heavy atom. The summed E-state index contributed by atoms with van der Waals surface area (Å²) >= 11 is 0. The van der Waals surface area contributed by atoms with E-state index in [4.69, 9.17) is 0 Å². The fourth-order valence-corrected chi connectivity index (χ4v) is 2.57. The van der Waals surface area contributed by atoms with Crippen molar-refractivity contribution in [3.8, 4) is 0 Å². The summed E-state index contributed by atoms with van der Waals surface area (Å²) < 4.78 is 0. The molecule has 0 spiro atoms. The number of hydrogen-bond acceptors (Lipinski definition) is 4. The number of benzene rings is 1. The molecule has 6 heteroatoms. The maximum atomic E-state index is 11.8. The van der Waals surface area contributed by atoms with E-state index >= 15 is 0 Å². The van der Waals surface area contributed by atoms with Crippen molar-refractivity contribution in [3.63, 3.8) is 0 Å². The van der Waals surface area contributed by atoms with Gasteiger partial charge < -0.3 is 0 Å². The molecule has 23 heavy (non-hydrogen) atoms. The Hall–Kier alpha value is -2.21. The van der Waals surface area contributed by atoms with Crippen LogP contribution >= 0.6 is 0 Å². The Morgan fingerprint density at radius 2 is 1.70 bits per heavy atom. The van der Waals surface area contributed by atoms with Crippen molar-refractivity contribution in [2.75, 3.05) is 13.1 Å². The van der Waals surface area contributed by atoms with Crippen LogP contribution in [-0.2, 0) is 20.8 Å². The predicted molar refractivity (Wildman–Crippen MR) is 83.5 cm³/mol. The Balaban J connectivity index is 1.61. The molecule has 1 aromatic carbocycles. The molecule has 0 bridgehead atoms. The summed E-state index contributed by atoms with van der Waals surface area (Å²) in [5, 5.41) is 10.5. The molecule has 1 aliphatic heterocycles. The minimum atomic E-state index is -0.332. The third kappa shape index (κ3) is 5.17. The van der Waals surface area contributed by atoms with Gasteiger partial charge in [-0.25, -0.2) is 5.06 Å². The minimum absolute atomic E-state index is 0.100. The van der Waals surface area contributed by atoms with Gasteiger partial charge in [0.05, 0.1) is 6.42 Å². The molecule has 0 atom stereocenters. The Bertz CT molecular complexity index is 543. The SMILES string of the molecule is O=C(Cc1ccccc1)N(O)CCCCCN1C(=O)CCC1=O. The molecule has 1 fully saturated rings. The molecule has 1 aromatic rings. The molecule has 0 aliphatic carbocycles. The number of hydroxylamine groups is 2. The second-order valence-electron chi connectivity index (χ2n) is 5.68. The van der Waals surface area contributed by atoms with Crippen LogP contribution in [0.25, 0.3) is 0 Å². The minimum Gasteiger partial charge on any atom is -0.286 e. The maximum Gasteiger partial charge on any atom is 0.250 e. The number of rotatable bonds is 8. The zero-order valence-electron chi connectivity index (χ0n) is 13.1. The van der Waals surface area contributed by atoms with Gasteiger partial charge in [-0.15, -0.1) is 0 Å². The fraction of sp³-hybridized carbons (Fsp3) is 0.471. The number of likely N-dealkylation sites (tertiary alicyclic amines) is 1. The summed E-state index contributed by atoms with van der Waals surface area (Å²) in [6.07, 6.45) is 2.88. The summed E-state index contributed by atoms with van der Waals surface area (Å²) in [6, 6.07) is 9.27. The monoisotopic (exact) mass is 318 g/mol. The normalized spacial score (nSPS) is 14.4. The largest absolute Gasteiger partial charge is 0.286 e. The molecule has 0 aromatic heterocycles. The molecule has 0 saturated carbocycles. The molecule has 1 heterocycles. The van der Waals surface area contributed by atoms with E-state index in [1.165, 1.54) is 4.90 Å². The quantitative estimate of drug-likeness (QED) is 0.343. The lowest BCUT2D eigenvalue weighted by atomic mass is 10.1. The summed E-state index contributed by atoms with van der Waals surface area (Å²) in [6.45, 7) is 0.689. The highest BCUT2D eigenvalue weighted by Gasteiger charge is 2.27. The lowest BCUT2D eigenvalue weighted by molar-refractivity contribution is -0.164. The van der Waals surface area contributed by atoms with Crippen LogP contribution in [0, 0.1) is 0 Å². The highest BCUT2D eigenvalue weighted by molar-refractivity contribution is 6.01. The molecule has 1 saturated heterocycles. The lowest BCUT2D eigenvalue weighted by Gasteiger charge is -2.16. The molecular formula is C17H22N2O4. The van der Waals surface area contributed by atoms with Crippen LogP contribution in [0.15, 0.2) is 30.3 Å². The zero-order chi connectivity index (χ0) is 16.7. The topological polar surface area (TPSA) is 77.9 Å². The highest BCUT2D eigenvalue weighted by Crippen LogP contribution is 2.13. The Morgan fingerprint density at radius 1 is 1.04 bits per heavy atom. The molecule has 3 amide bonds. The summed E-state index contributed by atoms with van der Waals surface area (Å²) in [7, 11) is 0. The van der Waals surface area contributed by atoms with Crippen LogP contribution < -0.4 is 0 Å². The first-order valence-electron chi connectivity index (χ1n) is 7.94. The number of imide groups is 1. The molecular weight excluding hydrogens is 296 g/mol. The van der Waals surface area contributed by atoms with Crippen molar-refractivity contribution in [3.05, 3.63) is 35.9 Å². The second kappa shape index (κ2) is 8.43. The first-order chi connectivity index (χ1) is 11.1. The number of carbonyl (C=O) groups excluding carboxylic acids is 3. The second-order valence-corrected chi connectivity index (χ2v) is 5.68. The fourth-order valence-electron chi connectivity index (χ4n) is 2.57. The van der Waals surface area contributed by atoms with Crippen LogP contribution in [0.1, 0.15) is 37.7 Å². The van der Waals surface area contributed by atoms with Gasteiger partial charge in [-0.1, -0.05) is 30.3 Å². The smallest absolute Gasteiger partial charge is 0.250 e. The van der Waals surface area contributed by atoms with Gasteiger partial charge in [0.1, 0.15) is 0 Å². The van der Waals surface area contributed by atoms with E-state index in [1.54, 1.807) is 0 Å². The number of carbonyl (C=O) groups is 3. The summed E-state index contributed by atoms with van der Waals surface area (Å²) in [5.41, 5.74) is 0.864. The van der Waals surface area contributed by atoms with Crippen molar-refractivity contribution in [1.29, 1.82) is 0 Å². The number of unbranched alkanes of at least 4 members (excludes halogenated alkanes) is 2. The van der Waals surface area contributed by atoms with E-state index in [9.17, 15) is 19.6 Å². The van der Waals surface area contributed by atoms with E-state index in [0.717, 1.165) is 17.0 Å². The van der Waals surface area contributed by atoms with Crippen molar-refractivity contribution in [2.24, 2.45) is 0 Å². The average Bonchev–Trinajstić information content (AvgIpc) is 2.87. The van der Waals surface area contributed by atoms with Crippen LogP contribution in [0.4, 0.5) is 0 Å². The van der Waals surface area contributed by atoms with Crippen molar-refractivity contribution in [2.45, 2.75) is 38.5 Å². The van der Waals surface area contributed by atoms with E-state index in [1.807, 2.05) is 30.3 Å². The van der Waals surface area contributed by atoms with Gasteiger partial charge in [-0.2, -0.15) is 0 Å². The number of amides is 3. The van der Waals surface area contributed by atoms with Gasteiger partial charge >= 0.3 is 0 Å². The Kier molecular flexibility index (Phi) is 6.29. The average molecular weight is 318 g/mol. The third-order valence-electron chi connectivity index (χ3n) is 3.89. The molecule has 124 valence electrons. The predicted octanol–water partition coefficient (Wildman–Crippen LogP) is 1.77. The van der Waals surface area contributed by atoms with Gasteiger partial charge in [-0.05, 0) is 24.8 Å². The van der Waals surface area contributed by atoms with E-state index < -0.39 is 0 Å². The molecule has 2 rings (SSSR count). The zero-order valence-corrected chi connectivity index (χ0v) is 13.1. The van der Waals surface area contributed by atoms with Crippen molar-refractivity contribution in [1.82, 2.24) is 9.96 Å². The van der Waals surface area contributed by atoms with Crippen LogP contribution in [0.5, 0.6) is 0 Å². The van der Waals surface area contributed by atoms with Gasteiger partial charge in [0.2, 0.25) is 17.7 Å². The standard InChI is InChI=1S/C17H22N2O4/c20-15-9-10-16(21)18(15)11-5-2-6-12-19(23)17(22)13-14-7-3-1-4-8-14/h1,3-4,7-8,23H,2,5-6,9-13H2. The molecule has 0 unspecified atom stereocenters. The van der Waals surface area contributed by atoms with Gasteiger partial charge in [0.15, 0.2) is 0 Å². The number of hydrogen-bond donors (Lipinski definition) is 1. The van der Waals surface area contributed by atoms with Gasteiger partial charge in [0, 0.05) is 25.9 Å². The Labute approximate surface area is 135 Å². The van der Waals surface area contributed by atoms with Gasteiger partial charge in [-0.3, -0.25) is 24.5 Å². The lowest BCUT2D eigenvalue weighted by Crippen LogP contribution is -2.31. The van der Waals surface area contributed by atoms with Crippen molar-refractivity contribution >= 4 is 17.7 Å². The molecule has 1 N–H and O–H groups in total. The summed E-state index contributed by atoms with van der Waals surface area (Å²) in [4.78, 5) is 36.0. The van der Waals surface area contributed by atoms with Crippen LogP contribution in [-0.4, -0.2) is 46.0 Å². The van der Waals surface area contributed by atoms with Crippen LogP contribution in [0.2, 0.25) is 0 Å². The van der Waals surface area contributed by atoms with E-state index in [0.29, 0.717) is 32.2 Å². The van der Waals surface area contributed by atoms with Crippen LogP contribution in [0.3, 0.4) is 0 Å². The first kappa shape index (κ1) is 17.1. The van der Waals surface area contributed by atoms with Gasteiger partial charge in [0.25, 0.3) is 0 Å². The van der Waals surface area contributed by atoms with E-state index in [-0.39, 0.29) is 30.7 Å². The molecule has 0 radical (unpaired) electrons. The number of nitrogens with zero attached hydrogens (tertiary/aromatic N) is 2. The highest BCUT2D eigenvalue weighted by atomic mass is 16.5. The van der Waals surface area contributed by atoms with E-state index in [2.05, 4.69) is 0 Å². The van der Waals surface area contributed by atoms with Crippen molar-refractivity contribution < 1.29 is 19.6 Å². The maximum absolute atomic E-state index is 11.8. The molecule has 6 nitrogen and oxygen atoms in total. The third-order valence-corrected chi connectivity index (χ3v) is 3.89. The molecule has 1 aliphatic rings.